The molecule has 0 saturated heterocycles. The van der Waals surface area contributed by atoms with Gasteiger partial charge in [0.15, 0.2) is 0 Å². The van der Waals surface area contributed by atoms with Crippen molar-refractivity contribution in [3.8, 4) is 0 Å². The molecular weight excluding hydrogens is 452 g/mol. The third-order valence-corrected chi connectivity index (χ3v) is 8.25. The van der Waals surface area contributed by atoms with Crippen LogP contribution in [0.4, 0.5) is 10.0 Å². The number of hydrogen-bond acceptors (Lipinski definition) is 8. The first-order chi connectivity index (χ1) is 15.3. The van der Waals surface area contributed by atoms with Gasteiger partial charge in [0.25, 0.3) is 0 Å². The normalized spacial score (nSPS) is 14.9. The summed E-state index contributed by atoms with van der Waals surface area (Å²) in [6.07, 6.45) is 6.31. The Balaban J connectivity index is 1.39. The third kappa shape index (κ3) is 4.56. The molecule has 2 amide bonds. The highest BCUT2D eigenvalue weighted by atomic mass is 32.1. The molecule has 2 aliphatic carbocycles. The van der Waals surface area contributed by atoms with E-state index in [1.54, 1.807) is 0 Å². The van der Waals surface area contributed by atoms with Crippen LogP contribution >= 0.6 is 22.7 Å². The maximum absolute atomic E-state index is 12.4. The molecule has 32 heavy (non-hydrogen) atoms. The second-order valence-corrected chi connectivity index (χ2v) is 10.2. The summed E-state index contributed by atoms with van der Waals surface area (Å²) in [7, 11) is 0. The van der Waals surface area contributed by atoms with Gasteiger partial charge in [0, 0.05) is 33.7 Å². The van der Waals surface area contributed by atoms with Crippen LogP contribution in [0.5, 0.6) is 0 Å². The Kier molecular flexibility index (Phi) is 6.61. The van der Waals surface area contributed by atoms with Crippen LogP contribution in [0.25, 0.3) is 0 Å². The molecule has 10 heteroatoms. The number of carboxylic acid groups (broad SMARTS) is 2. The lowest BCUT2D eigenvalue weighted by atomic mass is 9.95. The van der Waals surface area contributed by atoms with Gasteiger partial charge in [-0.15, -0.1) is 22.7 Å². The number of carbonyl (C=O) groups excluding carboxylic acids is 4. The van der Waals surface area contributed by atoms with Gasteiger partial charge in [-0.1, -0.05) is 0 Å². The molecule has 0 unspecified atom stereocenters. The number of fused-ring (bicyclic) bond motifs is 2. The van der Waals surface area contributed by atoms with Crippen molar-refractivity contribution >= 4 is 56.4 Å². The predicted octanol–water partition coefficient (Wildman–Crippen LogP) is 1.65. The van der Waals surface area contributed by atoms with E-state index in [2.05, 4.69) is 10.6 Å². The summed E-state index contributed by atoms with van der Waals surface area (Å²) in [4.78, 5) is 49.9. The zero-order valence-electron chi connectivity index (χ0n) is 17.3. The summed E-state index contributed by atoms with van der Waals surface area (Å²) in [5.74, 6) is -3.58. The van der Waals surface area contributed by atoms with Crippen molar-refractivity contribution in [2.75, 3.05) is 10.6 Å². The number of carbonyl (C=O) groups is 4. The van der Waals surface area contributed by atoms with Crippen LogP contribution in [0.1, 0.15) is 80.1 Å². The fourth-order valence-corrected chi connectivity index (χ4v) is 6.93. The van der Waals surface area contributed by atoms with Crippen molar-refractivity contribution in [1.29, 1.82) is 0 Å². The summed E-state index contributed by atoms with van der Waals surface area (Å²) < 4.78 is 0. The van der Waals surface area contributed by atoms with Gasteiger partial charge in [-0.3, -0.25) is 9.59 Å². The number of aromatic carboxylic acids is 2. The standard InChI is InChI=1S/C22H24N2O6S2/c25-15(23-19-17(21(27)28)11-5-1-3-7-13(11)31-19)9-10-16(26)24-20-18(22(29)30)12-6-2-4-8-14(12)32-20/h1-10H2,(H,23,25)(H,24,26)(H,27,28)(H,29,30)/p-2. The van der Waals surface area contributed by atoms with Crippen LogP contribution in [0.2, 0.25) is 0 Å². The minimum atomic E-state index is -1.31. The molecule has 2 aromatic rings. The molecule has 0 aliphatic heterocycles. The van der Waals surface area contributed by atoms with Crippen molar-refractivity contribution in [1.82, 2.24) is 0 Å². The molecule has 0 radical (unpaired) electrons. The highest BCUT2D eigenvalue weighted by molar-refractivity contribution is 7.17. The zero-order chi connectivity index (χ0) is 22.8. The van der Waals surface area contributed by atoms with Gasteiger partial charge in [-0.25, -0.2) is 0 Å². The van der Waals surface area contributed by atoms with E-state index in [0.29, 0.717) is 12.8 Å². The van der Waals surface area contributed by atoms with E-state index in [4.69, 9.17) is 0 Å². The lowest BCUT2D eigenvalue weighted by molar-refractivity contribution is -0.256. The molecule has 0 aromatic carbocycles. The SMILES string of the molecule is O=C(CCC(=O)Nc1sc2c(c1C(=O)[O-])CCCC2)Nc1sc2c(c1C(=O)[O-])CCCC2. The minimum Gasteiger partial charge on any atom is -0.545 e. The number of amides is 2. The molecule has 0 fully saturated rings. The number of carboxylic acids is 2. The Morgan fingerprint density at radius 2 is 1.03 bits per heavy atom. The minimum absolute atomic E-state index is 0.0465. The number of rotatable bonds is 7. The molecule has 0 bridgehead atoms. The van der Waals surface area contributed by atoms with E-state index in [1.165, 1.54) is 22.7 Å². The molecule has 8 nitrogen and oxygen atoms in total. The van der Waals surface area contributed by atoms with Crippen molar-refractivity contribution in [3.05, 3.63) is 32.0 Å². The number of thiophene rings is 2. The summed E-state index contributed by atoms with van der Waals surface area (Å²) in [5.41, 5.74) is 1.58. The first kappa shape index (κ1) is 22.5. The van der Waals surface area contributed by atoms with Crippen LogP contribution in [-0.4, -0.2) is 23.8 Å². The van der Waals surface area contributed by atoms with Crippen molar-refractivity contribution in [3.63, 3.8) is 0 Å². The first-order valence-electron chi connectivity index (χ1n) is 10.7. The van der Waals surface area contributed by atoms with E-state index < -0.39 is 23.8 Å². The molecule has 2 aliphatic rings. The quantitative estimate of drug-likeness (QED) is 0.626. The molecule has 4 rings (SSSR count). The van der Waals surface area contributed by atoms with Crippen LogP contribution in [0, 0.1) is 0 Å². The van der Waals surface area contributed by atoms with Crippen molar-refractivity contribution in [2.24, 2.45) is 0 Å². The number of aryl methyl sites for hydroxylation is 2. The van der Waals surface area contributed by atoms with Gasteiger partial charge in [0.2, 0.25) is 11.8 Å². The second kappa shape index (κ2) is 9.41. The zero-order valence-corrected chi connectivity index (χ0v) is 19.0. The maximum atomic E-state index is 12.4. The average Bonchev–Trinajstić information content (AvgIpc) is 3.29. The van der Waals surface area contributed by atoms with E-state index in [1.807, 2.05) is 0 Å². The topological polar surface area (TPSA) is 138 Å². The van der Waals surface area contributed by atoms with Crippen molar-refractivity contribution < 1.29 is 29.4 Å². The number of anilines is 2. The van der Waals surface area contributed by atoms with Gasteiger partial charge in [-0.05, 0) is 62.5 Å². The third-order valence-electron chi connectivity index (χ3n) is 5.84. The fraction of sp³-hybridized carbons (Fsp3) is 0.455. The van der Waals surface area contributed by atoms with Crippen LogP contribution in [-0.2, 0) is 35.3 Å². The van der Waals surface area contributed by atoms with Crippen LogP contribution in [0.3, 0.4) is 0 Å². The Bertz CT molecular complexity index is 1010. The highest BCUT2D eigenvalue weighted by Gasteiger charge is 2.24. The van der Waals surface area contributed by atoms with Gasteiger partial charge in [0.1, 0.15) is 10.0 Å². The Morgan fingerprint density at radius 1 is 0.656 bits per heavy atom. The molecule has 0 atom stereocenters. The molecule has 0 spiro atoms. The summed E-state index contributed by atoms with van der Waals surface area (Å²) in [6, 6.07) is 0. The fourth-order valence-electron chi connectivity index (χ4n) is 4.35. The Labute approximate surface area is 192 Å². The van der Waals surface area contributed by atoms with E-state index in [9.17, 15) is 29.4 Å². The molecule has 2 N–H and O–H groups in total. The van der Waals surface area contributed by atoms with Crippen molar-refractivity contribution in [2.45, 2.75) is 64.2 Å². The monoisotopic (exact) mass is 474 g/mol. The van der Waals surface area contributed by atoms with Crippen LogP contribution in [0.15, 0.2) is 0 Å². The van der Waals surface area contributed by atoms with Gasteiger partial charge in [-0.2, -0.15) is 0 Å². The molecular formula is C22H22N2O6S2-2. The van der Waals surface area contributed by atoms with Gasteiger partial charge >= 0.3 is 0 Å². The second-order valence-electron chi connectivity index (χ2n) is 8.00. The van der Waals surface area contributed by atoms with E-state index >= 15 is 0 Å². The Hall–Kier alpha value is -2.72. The lowest BCUT2D eigenvalue weighted by Gasteiger charge is -2.13. The summed E-state index contributed by atoms with van der Waals surface area (Å²) in [6.45, 7) is 0. The summed E-state index contributed by atoms with van der Waals surface area (Å²) >= 11 is 2.50. The maximum Gasteiger partial charge on any atom is 0.225 e. The molecule has 2 heterocycles. The smallest absolute Gasteiger partial charge is 0.225 e. The first-order valence-corrected chi connectivity index (χ1v) is 12.3. The molecule has 0 saturated carbocycles. The number of hydrogen-bond donors (Lipinski definition) is 2. The molecule has 2 aromatic heterocycles. The van der Waals surface area contributed by atoms with Crippen LogP contribution < -0.4 is 20.8 Å². The lowest BCUT2D eigenvalue weighted by Crippen LogP contribution is -2.26. The van der Waals surface area contributed by atoms with E-state index in [0.717, 1.165) is 59.4 Å². The summed E-state index contributed by atoms with van der Waals surface area (Å²) in [5, 5.41) is 29.0. The van der Waals surface area contributed by atoms with Gasteiger partial charge < -0.3 is 30.4 Å². The largest absolute Gasteiger partial charge is 0.545 e. The Morgan fingerprint density at radius 3 is 1.41 bits per heavy atom. The average molecular weight is 475 g/mol. The van der Waals surface area contributed by atoms with Gasteiger partial charge in [0.05, 0.1) is 11.9 Å². The predicted molar refractivity (Wildman–Crippen MR) is 117 cm³/mol. The molecule has 170 valence electrons. The highest BCUT2D eigenvalue weighted by Crippen LogP contribution is 2.39. The number of nitrogens with one attached hydrogen (secondary N) is 2. The van der Waals surface area contributed by atoms with E-state index in [-0.39, 0.29) is 34.0 Å².